The lowest BCUT2D eigenvalue weighted by atomic mass is 10.0. The molecular formula is C28H32N4O7S. The number of hydrogen-bond donors (Lipinski definition) is 1. The van der Waals surface area contributed by atoms with E-state index in [1.54, 1.807) is 66.4 Å². The molecular weight excluding hydrogens is 536 g/mol. The zero-order valence-electron chi connectivity index (χ0n) is 22.2. The minimum Gasteiger partial charge on any atom is -0.414 e. The van der Waals surface area contributed by atoms with Gasteiger partial charge in [0.15, 0.2) is 9.84 Å². The third-order valence-electron chi connectivity index (χ3n) is 6.54. The number of sulfone groups is 1. The highest BCUT2D eigenvalue weighted by Crippen LogP contribution is 2.19. The van der Waals surface area contributed by atoms with Crippen molar-refractivity contribution >= 4 is 27.4 Å². The number of nitrogens with zero attached hydrogens (tertiary/aromatic N) is 3. The van der Waals surface area contributed by atoms with Gasteiger partial charge >= 0.3 is 0 Å². The maximum Gasteiger partial charge on any atom is 0.286 e. The Bertz CT molecular complexity index is 1400. The van der Waals surface area contributed by atoms with E-state index in [0.717, 1.165) is 0 Å². The summed E-state index contributed by atoms with van der Waals surface area (Å²) in [4.78, 5) is 41.1. The van der Waals surface area contributed by atoms with E-state index in [4.69, 9.17) is 9.15 Å². The first-order chi connectivity index (χ1) is 19.3. The second-order valence-electron chi connectivity index (χ2n) is 9.55. The van der Waals surface area contributed by atoms with E-state index >= 15 is 0 Å². The Morgan fingerprint density at radius 3 is 2.27 bits per heavy atom. The molecule has 4 rings (SSSR count). The number of benzene rings is 2. The summed E-state index contributed by atoms with van der Waals surface area (Å²) in [5.74, 6) is -3.79. The van der Waals surface area contributed by atoms with Crippen molar-refractivity contribution in [2.24, 2.45) is 5.92 Å². The zero-order chi connectivity index (χ0) is 28.5. The van der Waals surface area contributed by atoms with E-state index < -0.39 is 39.2 Å². The highest BCUT2D eigenvalue weighted by Gasteiger charge is 2.33. The molecule has 0 saturated carbocycles. The van der Waals surface area contributed by atoms with Gasteiger partial charge in [-0.05, 0) is 24.1 Å². The van der Waals surface area contributed by atoms with Gasteiger partial charge in [-0.25, -0.2) is 8.42 Å². The molecule has 2 amide bonds. The molecule has 40 heavy (non-hydrogen) atoms. The molecule has 11 nitrogen and oxygen atoms in total. The number of ether oxygens (including phenoxy) is 1. The number of morpholine rings is 1. The van der Waals surface area contributed by atoms with Gasteiger partial charge in [0.25, 0.3) is 5.89 Å². The molecule has 1 aromatic heterocycles. The average molecular weight is 569 g/mol. The molecule has 1 aliphatic rings. The Kier molecular flexibility index (Phi) is 9.78. The molecule has 2 aromatic carbocycles. The number of aromatic nitrogens is 2. The van der Waals surface area contributed by atoms with Crippen molar-refractivity contribution in [3.05, 3.63) is 72.1 Å². The molecule has 0 bridgehead atoms. The van der Waals surface area contributed by atoms with Gasteiger partial charge in [-0.15, -0.1) is 10.2 Å². The van der Waals surface area contributed by atoms with Crippen LogP contribution in [0.3, 0.4) is 0 Å². The largest absolute Gasteiger partial charge is 0.414 e. The number of ketones is 1. The van der Waals surface area contributed by atoms with Gasteiger partial charge in [0.05, 0.1) is 36.7 Å². The van der Waals surface area contributed by atoms with Crippen molar-refractivity contribution < 1.29 is 32.0 Å². The van der Waals surface area contributed by atoms with Crippen LogP contribution in [-0.2, 0) is 29.9 Å². The lowest BCUT2D eigenvalue weighted by Crippen LogP contribution is -2.47. The van der Waals surface area contributed by atoms with Crippen LogP contribution in [0.2, 0.25) is 0 Å². The van der Waals surface area contributed by atoms with Crippen molar-refractivity contribution in [2.75, 3.05) is 32.1 Å². The van der Waals surface area contributed by atoms with Crippen LogP contribution in [0.15, 0.2) is 65.1 Å². The zero-order valence-corrected chi connectivity index (χ0v) is 23.0. The SMILES string of the molecule is CCC(NC(=O)C(CC(=O)N1CCOCC1)CS(=O)(=O)Cc1ccccc1)C(=O)c1nnc(-c2ccccc2)o1. The van der Waals surface area contributed by atoms with Crippen molar-refractivity contribution in [3.63, 3.8) is 0 Å². The second-order valence-corrected chi connectivity index (χ2v) is 11.7. The van der Waals surface area contributed by atoms with Crippen LogP contribution in [0, 0.1) is 5.92 Å². The molecule has 212 valence electrons. The van der Waals surface area contributed by atoms with Gasteiger partial charge in [-0.3, -0.25) is 14.4 Å². The van der Waals surface area contributed by atoms with Gasteiger partial charge in [-0.1, -0.05) is 55.5 Å². The molecule has 1 N–H and O–H groups in total. The number of rotatable bonds is 12. The third kappa shape index (κ3) is 7.82. The van der Waals surface area contributed by atoms with Crippen molar-refractivity contribution in [1.82, 2.24) is 20.4 Å². The summed E-state index contributed by atoms with van der Waals surface area (Å²) >= 11 is 0. The van der Waals surface area contributed by atoms with E-state index in [2.05, 4.69) is 15.5 Å². The van der Waals surface area contributed by atoms with Crippen LogP contribution in [0.5, 0.6) is 0 Å². The van der Waals surface area contributed by atoms with Crippen LogP contribution in [0.1, 0.15) is 36.0 Å². The molecule has 3 aromatic rings. The number of carbonyl (C=O) groups is 3. The number of carbonyl (C=O) groups excluding carboxylic acids is 3. The normalized spacial score (nSPS) is 15.3. The minimum atomic E-state index is -3.78. The van der Waals surface area contributed by atoms with Crippen molar-refractivity contribution in [2.45, 2.75) is 31.6 Å². The lowest BCUT2D eigenvalue weighted by Gasteiger charge is -2.28. The van der Waals surface area contributed by atoms with Crippen LogP contribution >= 0.6 is 0 Å². The first kappa shape index (κ1) is 29.1. The highest BCUT2D eigenvalue weighted by atomic mass is 32.2. The monoisotopic (exact) mass is 568 g/mol. The Morgan fingerprint density at radius 1 is 0.975 bits per heavy atom. The summed E-state index contributed by atoms with van der Waals surface area (Å²) in [6.45, 7) is 3.16. The van der Waals surface area contributed by atoms with Crippen molar-refractivity contribution in [3.8, 4) is 11.5 Å². The molecule has 2 heterocycles. The summed E-state index contributed by atoms with van der Waals surface area (Å²) in [6.07, 6.45) is -0.127. The molecule has 0 radical (unpaired) electrons. The summed E-state index contributed by atoms with van der Waals surface area (Å²) in [5, 5.41) is 10.4. The Balaban J connectivity index is 1.49. The molecule has 12 heteroatoms. The Labute approximate surface area is 232 Å². The lowest BCUT2D eigenvalue weighted by molar-refractivity contribution is -0.139. The highest BCUT2D eigenvalue weighted by molar-refractivity contribution is 7.90. The van der Waals surface area contributed by atoms with E-state index in [0.29, 0.717) is 37.4 Å². The number of Topliss-reactive ketones (excluding diaryl/α,β-unsaturated/α-hetero) is 1. The predicted octanol–water partition coefficient (Wildman–Crippen LogP) is 2.29. The van der Waals surface area contributed by atoms with Gasteiger partial charge in [0.1, 0.15) is 0 Å². The fourth-order valence-corrected chi connectivity index (χ4v) is 6.09. The van der Waals surface area contributed by atoms with Gasteiger partial charge < -0.3 is 19.4 Å². The maximum absolute atomic E-state index is 13.4. The summed E-state index contributed by atoms with van der Waals surface area (Å²) in [5.41, 5.74) is 1.21. The predicted molar refractivity (Wildman–Crippen MR) is 146 cm³/mol. The van der Waals surface area contributed by atoms with E-state index in [9.17, 15) is 22.8 Å². The van der Waals surface area contributed by atoms with Crippen LogP contribution in [-0.4, -0.2) is 79.2 Å². The molecule has 1 saturated heterocycles. The van der Waals surface area contributed by atoms with E-state index in [1.807, 2.05) is 6.07 Å². The molecule has 1 fully saturated rings. The minimum absolute atomic E-state index is 0.158. The van der Waals surface area contributed by atoms with Gasteiger partial charge in [-0.2, -0.15) is 0 Å². The fraction of sp³-hybridized carbons (Fsp3) is 0.393. The smallest absolute Gasteiger partial charge is 0.286 e. The quantitative estimate of drug-likeness (QED) is 0.325. The second kappa shape index (κ2) is 13.4. The van der Waals surface area contributed by atoms with E-state index in [1.165, 1.54) is 0 Å². The molecule has 2 atom stereocenters. The summed E-state index contributed by atoms with van der Waals surface area (Å²) in [7, 11) is -3.78. The summed E-state index contributed by atoms with van der Waals surface area (Å²) < 4.78 is 37.0. The van der Waals surface area contributed by atoms with Gasteiger partial charge in [0, 0.05) is 25.1 Å². The molecule has 1 aliphatic heterocycles. The van der Waals surface area contributed by atoms with E-state index in [-0.39, 0.29) is 36.3 Å². The van der Waals surface area contributed by atoms with Crippen LogP contribution in [0.4, 0.5) is 0 Å². The number of hydrogen-bond acceptors (Lipinski definition) is 9. The topological polar surface area (TPSA) is 149 Å². The number of nitrogens with one attached hydrogen (secondary N) is 1. The van der Waals surface area contributed by atoms with Crippen molar-refractivity contribution in [1.29, 1.82) is 0 Å². The first-order valence-corrected chi connectivity index (χ1v) is 14.9. The van der Waals surface area contributed by atoms with Crippen LogP contribution < -0.4 is 5.32 Å². The molecule has 0 spiro atoms. The van der Waals surface area contributed by atoms with Crippen LogP contribution in [0.25, 0.3) is 11.5 Å². The Hall–Kier alpha value is -3.90. The summed E-state index contributed by atoms with van der Waals surface area (Å²) in [6, 6.07) is 16.5. The average Bonchev–Trinajstić information content (AvgIpc) is 3.47. The fourth-order valence-electron chi connectivity index (χ4n) is 4.39. The number of amides is 2. The standard InChI is InChI=1S/C28H32N4O7S/c1-2-23(25(34)28-31-30-27(39-28)21-11-7-4-8-12-21)29-26(35)22(17-24(33)32-13-15-38-16-14-32)19-40(36,37)18-20-9-5-3-6-10-20/h3-12,22-23H,2,13-19H2,1H3,(H,29,35). The third-order valence-corrected chi connectivity index (χ3v) is 8.22. The maximum atomic E-state index is 13.4. The van der Waals surface area contributed by atoms with Gasteiger partial charge in [0.2, 0.25) is 23.5 Å². The first-order valence-electron chi connectivity index (χ1n) is 13.1. The Morgan fingerprint density at radius 2 is 1.62 bits per heavy atom. The molecule has 2 unspecified atom stereocenters. The molecule has 0 aliphatic carbocycles.